The van der Waals surface area contributed by atoms with Gasteiger partial charge in [0, 0.05) is 25.8 Å². The molecule has 0 N–H and O–H groups in total. The Morgan fingerprint density at radius 2 is 1.92 bits per heavy atom. The van der Waals surface area contributed by atoms with E-state index in [2.05, 4.69) is 4.98 Å². The minimum absolute atomic E-state index is 0.199. The maximum atomic E-state index is 13.2. The lowest BCUT2D eigenvalue weighted by molar-refractivity contribution is -0.138. The summed E-state index contributed by atoms with van der Waals surface area (Å²) in [6.45, 7) is 0.485. The molecule has 132 valence electrons. The summed E-state index contributed by atoms with van der Waals surface area (Å²) in [5.41, 5.74) is -0.225. The molecule has 1 aromatic carbocycles. The molecule has 0 spiro atoms. The number of carbonyl (C=O) groups is 1. The van der Waals surface area contributed by atoms with E-state index < -0.39 is 17.6 Å². The van der Waals surface area contributed by atoms with Gasteiger partial charge in [0.25, 0.3) is 0 Å². The highest BCUT2D eigenvalue weighted by Gasteiger charge is 2.37. The Hall–Kier alpha value is -2.64. The molecule has 1 aliphatic rings. The van der Waals surface area contributed by atoms with Gasteiger partial charge in [-0.25, -0.2) is 9.37 Å². The second kappa shape index (κ2) is 6.70. The SMILES string of the molecule is O=C1CN(c2ncccc2C(F)(F)F)CCN1Cc1cccc(F)c1. The quantitative estimate of drug-likeness (QED) is 0.796. The molecule has 2 heterocycles. The van der Waals surface area contributed by atoms with E-state index in [-0.39, 0.29) is 37.9 Å². The summed E-state index contributed by atoms with van der Waals surface area (Å²) in [5.74, 6) is -0.963. The van der Waals surface area contributed by atoms with Gasteiger partial charge in [0.1, 0.15) is 11.6 Å². The normalized spacial score (nSPS) is 15.6. The van der Waals surface area contributed by atoms with E-state index in [1.54, 1.807) is 12.1 Å². The third-order valence-electron chi connectivity index (χ3n) is 3.97. The predicted octanol–water partition coefficient (Wildman–Crippen LogP) is 3.09. The summed E-state index contributed by atoms with van der Waals surface area (Å²) < 4.78 is 52.5. The summed E-state index contributed by atoms with van der Waals surface area (Å²) in [4.78, 5) is 18.9. The molecule has 0 unspecified atom stereocenters. The highest BCUT2D eigenvalue weighted by atomic mass is 19.4. The van der Waals surface area contributed by atoms with Crippen molar-refractivity contribution in [2.24, 2.45) is 0 Å². The van der Waals surface area contributed by atoms with Crippen LogP contribution in [0, 0.1) is 5.82 Å². The van der Waals surface area contributed by atoms with Crippen molar-refractivity contribution < 1.29 is 22.4 Å². The van der Waals surface area contributed by atoms with Gasteiger partial charge in [0.2, 0.25) is 5.91 Å². The summed E-state index contributed by atoms with van der Waals surface area (Å²) >= 11 is 0. The van der Waals surface area contributed by atoms with E-state index in [1.165, 1.54) is 34.2 Å². The summed E-state index contributed by atoms with van der Waals surface area (Å²) in [7, 11) is 0. The molecular weight excluding hydrogens is 338 g/mol. The summed E-state index contributed by atoms with van der Waals surface area (Å²) in [6, 6.07) is 8.06. The number of halogens is 4. The number of hydrogen-bond acceptors (Lipinski definition) is 3. The zero-order chi connectivity index (χ0) is 18.0. The van der Waals surface area contributed by atoms with Crippen molar-refractivity contribution >= 4 is 11.7 Å². The largest absolute Gasteiger partial charge is 0.419 e. The molecular formula is C17H15F4N3O. The Labute approximate surface area is 141 Å². The average molecular weight is 353 g/mol. The number of benzene rings is 1. The van der Waals surface area contributed by atoms with Gasteiger partial charge in [-0.3, -0.25) is 4.79 Å². The molecule has 1 saturated heterocycles. The Morgan fingerprint density at radius 3 is 2.60 bits per heavy atom. The number of nitrogens with zero attached hydrogens (tertiary/aromatic N) is 3. The van der Waals surface area contributed by atoms with Crippen LogP contribution in [-0.4, -0.2) is 35.4 Å². The number of amides is 1. The number of anilines is 1. The van der Waals surface area contributed by atoms with E-state index in [0.717, 1.165) is 6.07 Å². The Morgan fingerprint density at radius 1 is 1.12 bits per heavy atom. The van der Waals surface area contributed by atoms with Crippen molar-refractivity contribution in [3.8, 4) is 0 Å². The molecule has 0 saturated carbocycles. The lowest BCUT2D eigenvalue weighted by Crippen LogP contribution is -2.50. The van der Waals surface area contributed by atoms with Crippen LogP contribution in [0.3, 0.4) is 0 Å². The van der Waals surface area contributed by atoms with Crippen LogP contribution in [0.25, 0.3) is 0 Å². The van der Waals surface area contributed by atoms with Gasteiger partial charge in [-0.2, -0.15) is 13.2 Å². The van der Waals surface area contributed by atoms with Crippen LogP contribution >= 0.6 is 0 Å². The molecule has 0 bridgehead atoms. The van der Waals surface area contributed by atoms with Gasteiger partial charge in [0.15, 0.2) is 0 Å². The maximum absolute atomic E-state index is 13.2. The number of rotatable bonds is 3. The van der Waals surface area contributed by atoms with Gasteiger partial charge in [-0.05, 0) is 29.8 Å². The lowest BCUT2D eigenvalue weighted by Gasteiger charge is -2.35. The molecule has 0 radical (unpaired) electrons. The highest BCUT2D eigenvalue weighted by Crippen LogP contribution is 2.35. The summed E-state index contributed by atoms with van der Waals surface area (Å²) in [6.07, 6.45) is -3.26. The molecule has 1 fully saturated rings. The third-order valence-corrected chi connectivity index (χ3v) is 3.97. The molecule has 3 rings (SSSR count). The summed E-state index contributed by atoms with van der Waals surface area (Å²) in [5, 5.41) is 0. The second-order valence-electron chi connectivity index (χ2n) is 5.74. The fourth-order valence-corrected chi connectivity index (χ4v) is 2.78. The first-order valence-corrected chi connectivity index (χ1v) is 7.64. The molecule has 0 atom stereocenters. The van der Waals surface area contributed by atoms with Crippen LogP contribution in [0.1, 0.15) is 11.1 Å². The van der Waals surface area contributed by atoms with E-state index in [4.69, 9.17) is 0 Å². The van der Waals surface area contributed by atoms with Crippen molar-refractivity contribution in [1.82, 2.24) is 9.88 Å². The van der Waals surface area contributed by atoms with Crippen LogP contribution in [0.2, 0.25) is 0 Å². The Bertz CT molecular complexity index is 778. The minimum Gasteiger partial charge on any atom is -0.345 e. The van der Waals surface area contributed by atoms with E-state index in [0.29, 0.717) is 5.56 Å². The monoisotopic (exact) mass is 353 g/mol. The van der Waals surface area contributed by atoms with E-state index in [1.807, 2.05) is 0 Å². The molecule has 25 heavy (non-hydrogen) atoms. The molecule has 4 nitrogen and oxygen atoms in total. The van der Waals surface area contributed by atoms with E-state index >= 15 is 0 Å². The number of piperazine rings is 1. The molecule has 0 aliphatic carbocycles. The number of alkyl halides is 3. The predicted molar refractivity (Wildman–Crippen MR) is 83.3 cm³/mol. The van der Waals surface area contributed by atoms with Gasteiger partial charge in [0.05, 0.1) is 12.1 Å². The van der Waals surface area contributed by atoms with Gasteiger partial charge >= 0.3 is 6.18 Å². The van der Waals surface area contributed by atoms with Crippen molar-refractivity contribution in [3.05, 3.63) is 59.5 Å². The molecule has 2 aromatic rings. The number of hydrogen-bond donors (Lipinski definition) is 0. The van der Waals surface area contributed by atoms with Gasteiger partial charge < -0.3 is 9.80 Å². The van der Waals surface area contributed by atoms with Crippen LogP contribution in [0.15, 0.2) is 42.6 Å². The zero-order valence-corrected chi connectivity index (χ0v) is 13.1. The first-order valence-electron chi connectivity index (χ1n) is 7.64. The van der Waals surface area contributed by atoms with Crippen molar-refractivity contribution in [3.63, 3.8) is 0 Å². The van der Waals surface area contributed by atoms with E-state index in [9.17, 15) is 22.4 Å². The van der Waals surface area contributed by atoms with Crippen LogP contribution < -0.4 is 4.90 Å². The van der Waals surface area contributed by atoms with Crippen molar-refractivity contribution in [2.75, 3.05) is 24.5 Å². The van der Waals surface area contributed by atoms with Crippen LogP contribution in [0.4, 0.5) is 23.4 Å². The topological polar surface area (TPSA) is 36.4 Å². The van der Waals surface area contributed by atoms with Crippen molar-refractivity contribution in [1.29, 1.82) is 0 Å². The first kappa shape index (κ1) is 17.2. The second-order valence-corrected chi connectivity index (χ2v) is 5.74. The number of carbonyl (C=O) groups excluding carboxylic acids is 1. The minimum atomic E-state index is -4.54. The number of pyridine rings is 1. The number of aromatic nitrogens is 1. The van der Waals surface area contributed by atoms with Gasteiger partial charge in [-0.15, -0.1) is 0 Å². The van der Waals surface area contributed by atoms with Crippen LogP contribution in [0.5, 0.6) is 0 Å². The Kier molecular flexibility index (Phi) is 4.61. The molecule has 1 aromatic heterocycles. The van der Waals surface area contributed by atoms with Crippen molar-refractivity contribution in [2.45, 2.75) is 12.7 Å². The molecule has 1 amide bonds. The maximum Gasteiger partial charge on any atom is 0.419 e. The Balaban J connectivity index is 1.73. The highest BCUT2D eigenvalue weighted by molar-refractivity contribution is 5.82. The third kappa shape index (κ3) is 3.89. The molecule has 8 heteroatoms. The van der Waals surface area contributed by atoms with Crippen LogP contribution in [-0.2, 0) is 17.5 Å². The van der Waals surface area contributed by atoms with Gasteiger partial charge in [-0.1, -0.05) is 12.1 Å². The fraction of sp³-hybridized carbons (Fsp3) is 0.294. The standard InChI is InChI=1S/C17H15F4N3O/c18-13-4-1-3-12(9-13)10-23-7-8-24(11-15(23)25)16-14(17(19,20)21)5-2-6-22-16/h1-6,9H,7-8,10-11H2. The zero-order valence-electron chi connectivity index (χ0n) is 13.1. The molecule has 1 aliphatic heterocycles. The smallest absolute Gasteiger partial charge is 0.345 e. The fourth-order valence-electron chi connectivity index (χ4n) is 2.78. The average Bonchev–Trinajstić information content (AvgIpc) is 2.56. The first-order chi connectivity index (χ1) is 11.8. The lowest BCUT2D eigenvalue weighted by atomic mass is 10.1.